The van der Waals surface area contributed by atoms with Gasteiger partial charge in [0.2, 0.25) is 5.95 Å². The van der Waals surface area contributed by atoms with E-state index >= 15 is 0 Å². The second-order valence-corrected chi connectivity index (χ2v) is 2.78. The van der Waals surface area contributed by atoms with Crippen LogP contribution in [0.5, 0.6) is 0 Å². The van der Waals surface area contributed by atoms with Crippen molar-refractivity contribution in [3.8, 4) is 11.3 Å². The van der Waals surface area contributed by atoms with Crippen molar-refractivity contribution in [1.82, 2.24) is 15.0 Å². The van der Waals surface area contributed by atoms with Gasteiger partial charge in [-0.25, -0.2) is 4.98 Å². The molecule has 0 radical (unpaired) electrons. The zero-order valence-electron chi connectivity index (χ0n) is 7.38. The Labute approximate surface area is 80.8 Å². The van der Waals surface area contributed by atoms with E-state index in [2.05, 4.69) is 15.0 Å². The average molecular weight is 187 g/mol. The van der Waals surface area contributed by atoms with Gasteiger partial charge < -0.3 is 11.5 Å². The lowest BCUT2D eigenvalue weighted by Gasteiger charge is -2.01. The van der Waals surface area contributed by atoms with Crippen molar-refractivity contribution in [2.45, 2.75) is 0 Å². The van der Waals surface area contributed by atoms with Gasteiger partial charge in [0.15, 0.2) is 0 Å². The SMILES string of the molecule is Nc1cc(-c2cccnc2)nc(N)n1. The third kappa shape index (κ3) is 1.61. The molecule has 0 aliphatic heterocycles. The molecule has 0 atom stereocenters. The molecule has 5 nitrogen and oxygen atoms in total. The number of aromatic nitrogens is 3. The first kappa shape index (κ1) is 8.43. The Bertz CT molecular complexity index is 420. The maximum atomic E-state index is 5.55. The molecule has 0 saturated carbocycles. The van der Waals surface area contributed by atoms with E-state index in [9.17, 15) is 0 Å². The van der Waals surface area contributed by atoms with Gasteiger partial charge in [-0.15, -0.1) is 0 Å². The van der Waals surface area contributed by atoms with Crippen LogP contribution in [0.1, 0.15) is 0 Å². The fourth-order valence-corrected chi connectivity index (χ4v) is 1.15. The van der Waals surface area contributed by atoms with Crippen molar-refractivity contribution >= 4 is 11.8 Å². The molecule has 0 aromatic carbocycles. The van der Waals surface area contributed by atoms with E-state index in [1.54, 1.807) is 18.5 Å². The number of hydrogen-bond donors (Lipinski definition) is 2. The first-order chi connectivity index (χ1) is 6.75. The Morgan fingerprint density at radius 3 is 2.64 bits per heavy atom. The molecule has 2 heterocycles. The van der Waals surface area contributed by atoms with Crippen molar-refractivity contribution in [2.75, 3.05) is 11.5 Å². The maximum absolute atomic E-state index is 5.55. The number of rotatable bonds is 1. The summed E-state index contributed by atoms with van der Waals surface area (Å²) in [5.74, 6) is 0.528. The number of nitrogens with two attached hydrogens (primary N) is 2. The number of nitrogen functional groups attached to an aromatic ring is 2. The summed E-state index contributed by atoms with van der Waals surface area (Å²) in [4.78, 5) is 11.8. The molecule has 0 amide bonds. The minimum Gasteiger partial charge on any atom is -0.384 e. The fraction of sp³-hybridized carbons (Fsp3) is 0. The standard InChI is InChI=1S/C9H9N5/c10-8-4-7(13-9(11)14-8)6-2-1-3-12-5-6/h1-5H,(H4,10,11,13,14). The molecule has 0 bridgehead atoms. The van der Waals surface area contributed by atoms with Gasteiger partial charge >= 0.3 is 0 Å². The third-order valence-electron chi connectivity index (χ3n) is 1.72. The van der Waals surface area contributed by atoms with Gasteiger partial charge in [0.05, 0.1) is 5.69 Å². The summed E-state index contributed by atoms with van der Waals surface area (Å²) in [6, 6.07) is 5.37. The van der Waals surface area contributed by atoms with Crippen LogP contribution in [-0.2, 0) is 0 Å². The number of anilines is 2. The predicted octanol–water partition coefficient (Wildman–Crippen LogP) is 0.703. The molecular formula is C9H9N5. The molecule has 2 aromatic rings. The normalized spacial score (nSPS) is 10.0. The third-order valence-corrected chi connectivity index (χ3v) is 1.72. The molecule has 0 aliphatic rings. The Balaban J connectivity index is 2.52. The van der Waals surface area contributed by atoms with E-state index in [-0.39, 0.29) is 5.95 Å². The average Bonchev–Trinajstić information content (AvgIpc) is 2.18. The van der Waals surface area contributed by atoms with Crippen LogP contribution in [0.15, 0.2) is 30.6 Å². The van der Waals surface area contributed by atoms with Crippen LogP contribution in [0.3, 0.4) is 0 Å². The number of nitrogens with zero attached hydrogens (tertiary/aromatic N) is 3. The first-order valence-electron chi connectivity index (χ1n) is 4.06. The fourth-order valence-electron chi connectivity index (χ4n) is 1.15. The highest BCUT2D eigenvalue weighted by molar-refractivity contribution is 5.61. The second kappa shape index (κ2) is 3.29. The maximum Gasteiger partial charge on any atom is 0.222 e. The Kier molecular flexibility index (Phi) is 1.98. The number of hydrogen-bond acceptors (Lipinski definition) is 5. The highest BCUT2D eigenvalue weighted by Gasteiger charge is 2.01. The molecule has 0 unspecified atom stereocenters. The summed E-state index contributed by atoms with van der Waals surface area (Å²) < 4.78 is 0. The molecule has 5 heteroatoms. The van der Waals surface area contributed by atoms with Crippen LogP contribution in [0.2, 0.25) is 0 Å². The summed E-state index contributed by atoms with van der Waals surface area (Å²) in [6.07, 6.45) is 3.39. The van der Waals surface area contributed by atoms with E-state index in [1.807, 2.05) is 12.1 Å². The highest BCUT2D eigenvalue weighted by atomic mass is 15.0. The van der Waals surface area contributed by atoms with E-state index in [1.165, 1.54) is 0 Å². The summed E-state index contributed by atoms with van der Waals surface area (Å²) in [6.45, 7) is 0. The van der Waals surface area contributed by atoms with Crippen molar-refractivity contribution in [3.05, 3.63) is 30.6 Å². The van der Waals surface area contributed by atoms with Crippen LogP contribution in [-0.4, -0.2) is 15.0 Å². The summed E-state index contributed by atoms with van der Waals surface area (Å²) in [5, 5.41) is 0. The molecular weight excluding hydrogens is 178 g/mol. The molecule has 0 spiro atoms. The van der Waals surface area contributed by atoms with Crippen molar-refractivity contribution in [1.29, 1.82) is 0 Å². The van der Waals surface area contributed by atoms with Gasteiger partial charge in [-0.05, 0) is 12.1 Å². The summed E-state index contributed by atoms with van der Waals surface area (Å²) >= 11 is 0. The second-order valence-electron chi connectivity index (χ2n) is 2.78. The van der Waals surface area contributed by atoms with Gasteiger partial charge in [-0.3, -0.25) is 4.98 Å². The van der Waals surface area contributed by atoms with Crippen LogP contribution in [0.4, 0.5) is 11.8 Å². The molecule has 0 saturated heterocycles. The zero-order valence-corrected chi connectivity index (χ0v) is 7.38. The highest BCUT2D eigenvalue weighted by Crippen LogP contribution is 2.17. The van der Waals surface area contributed by atoms with Crippen LogP contribution >= 0.6 is 0 Å². The van der Waals surface area contributed by atoms with Gasteiger partial charge in [-0.1, -0.05) is 0 Å². The van der Waals surface area contributed by atoms with E-state index in [0.29, 0.717) is 11.5 Å². The number of pyridine rings is 1. The Morgan fingerprint density at radius 1 is 1.14 bits per heavy atom. The monoisotopic (exact) mass is 187 g/mol. The molecule has 0 fully saturated rings. The minimum atomic E-state index is 0.170. The molecule has 14 heavy (non-hydrogen) atoms. The molecule has 70 valence electrons. The van der Waals surface area contributed by atoms with E-state index in [0.717, 1.165) is 5.56 Å². The minimum absolute atomic E-state index is 0.170. The largest absolute Gasteiger partial charge is 0.384 e. The lowest BCUT2D eigenvalue weighted by atomic mass is 10.2. The molecule has 2 rings (SSSR count). The zero-order chi connectivity index (χ0) is 9.97. The molecule has 2 aromatic heterocycles. The first-order valence-corrected chi connectivity index (χ1v) is 4.06. The van der Waals surface area contributed by atoms with Gasteiger partial charge in [-0.2, -0.15) is 4.98 Å². The topological polar surface area (TPSA) is 90.7 Å². The predicted molar refractivity (Wildman–Crippen MR) is 54.1 cm³/mol. The van der Waals surface area contributed by atoms with E-state index in [4.69, 9.17) is 11.5 Å². The summed E-state index contributed by atoms with van der Waals surface area (Å²) in [7, 11) is 0. The smallest absolute Gasteiger partial charge is 0.222 e. The van der Waals surface area contributed by atoms with Crippen LogP contribution in [0, 0.1) is 0 Å². The molecule has 0 aliphatic carbocycles. The quantitative estimate of drug-likeness (QED) is 0.685. The van der Waals surface area contributed by atoms with Crippen LogP contribution < -0.4 is 11.5 Å². The van der Waals surface area contributed by atoms with Crippen LogP contribution in [0.25, 0.3) is 11.3 Å². The summed E-state index contributed by atoms with van der Waals surface area (Å²) in [5.41, 5.74) is 12.6. The Hall–Kier alpha value is -2.17. The molecule has 4 N–H and O–H groups in total. The van der Waals surface area contributed by atoms with Gasteiger partial charge in [0.25, 0.3) is 0 Å². The van der Waals surface area contributed by atoms with E-state index < -0.39 is 0 Å². The van der Waals surface area contributed by atoms with Gasteiger partial charge in [0.1, 0.15) is 5.82 Å². The van der Waals surface area contributed by atoms with Gasteiger partial charge in [0, 0.05) is 24.0 Å². The Morgan fingerprint density at radius 2 is 2.00 bits per heavy atom. The van der Waals surface area contributed by atoms with Crippen molar-refractivity contribution in [2.24, 2.45) is 0 Å². The lowest BCUT2D eigenvalue weighted by molar-refractivity contribution is 1.19. The lowest BCUT2D eigenvalue weighted by Crippen LogP contribution is -2.00. The van der Waals surface area contributed by atoms with Crippen molar-refractivity contribution in [3.63, 3.8) is 0 Å². The van der Waals surface area contributed by atoms with Crippen molar-refractivity contribution < 1.29 is 0 Å².